The van der Waals surface area contributed by atoms with Crippen LogP contribution in [-0.4, -0.2) is 22.8 Å². The lowest BCUT2D eigenvalue weighted by Gasteiger charge is -2.09. The van der Waals surface area contributed by atoms with Crippen molar-refractivity contribution in [3.8, 4) is 11.4 Å². The van der Waals surface area contributed by atoms with E-state index in [1.165, 1.54) is 0 Å². The molecule has 0 aliphatic heterocycles. The molecule has 0 unspecified atom stereocenters. The second-order valence-electron chi connectivity index (χ2n) is 5.38. The molecule has 0 saturated carbocycles. The zero-order valence-electron chi connectivity index (χ0n) is 13.5. The Balaban J connectivity index is 1.56. The number of nitrogens with zero attached hydrogens (tertiary/aromatic N) is 2. The van der Waals surface area contributed by atoms with Gasteiger partial charge in [-0.05, 0) is 29.8 Å². The Morgan fingerprint density at radius 3 is 2.62 bits per heavy atom. The molecule has 0 aliphatic carbocycles. The fourth-order valence-corrected chi connectivity index (χ4v) is 2.47. The fourth-order valence-electron chi connectivity index (χ4n) is 2.47. The van der Waals surface area contributed by atoms with Crippen LogP contribution in [0.5, 0.6) is 5.75 Å². The van der Waals surface area contributed by atoms with Gasteiger partial charge in [-0.15, -0.1) is 0 Å². The summed E-state index contributed by atoms with van der Waals surface area (Å²) in [6, 6.07) is 17.4. The topological polar surface area (TPSA) is 56.1 Å². The number of carbonyl (C=O) groups is 1. The Morgan fingerprint density at radius 2 is 1.92 bits per heavy atom. The van der Waals surface area contributed by atoms with Gasteiger partial charge in [0.2, 0.25) is 5.91 Å². The van der Waals surface area contributed by atoms with Crippen LogP contribution in [-0.2, 0) is 17.8 Å². The number of para-hydroxylation sites is 1. The molecule has 3 rings (SSSR count). The van der Waals surface area contributed by atoms with Gasteiger partial charge in [-0.25, -0.2) is 4.68 Å². The highest BCUT2D eigenvalue weighted by molar-refractivity contribution is 5.79. The molecule has 1 N–H and O–H groups in total. The van der Waals surface area contributed by atoms with E-state index in [0.717, 1.165) is 22.6 Å². The molecule has 0 saturated heterocycles. The van der Waals surface area contributed by atoms with Crippen LogP contribution >= 0.6 is 0 Å². The monoisotopic (exact) mass is 321 g/mol. The van der Waals surface area contributed by atoms with E-state index in [1.54, 1.807) is 18.0 Å². The predicted octanol–water partition coefficient (Wildman–Crippen LogP) is 2.74. The zero-order chi connectivity index (χ0) is 16.8. The summed E-state index contributed by atoms with van der Waals surface area (Å²) < 4.78 is 7.06. The lowest BCUT2D eigenvalue weighted by Crippen LogP contribution is -2.24. The van der Waals surface area contributed by atoms with Crippen molar-refractivity contribution in [3.05, 3.63) is 78.1 Å². The number of hydrogen-bond donors (Lipinski definition) is 1. The summed E-state index contributed by atoms with van der Waals surface area (Å²) in [5.74, 6) is 0.701. The van der Waals surface area contributed by atoms with Crippen molar-refractivity contribution in [2.24, 2.45) is 0 Å². The van der Waals surface area contributed by atoms with E-state index >= 15 is 0 Å². The van der Waals surface area contributed by atoms with Crippen LogP contribution in [0, 0.1) is 0 Å². The molecule has 0 fully saturated rings. The van der Waals surface area contributed by atoms with Gasteiger partial charge >= 0.3 is 0 Å². The molecule has 2 aromatic carbocycles. The number of rotatable bonds is 6. The van der Waals surface area contributed by atoms with E-state index in [0.29, 0.717) is 13.0 Å². The highest BCUT2D eigenvalue weighted by Gasteiger charge is 2.08. The Kier molecular flexibility index (Phi) is 4.91. The largest absolute Gasteiger partial charge is 0.496 e. The number of hydrogen-bond acceptors (Lipinski definition) is 3. The van der Waals surface area contributed by atoms with Gasteiger partial charge in [0.25, 0.3) is 0 Å². The third-order valence-corrected chi connectivity index (χ3v) is 3.74. The van der Waals surface area contributed by atoms with Gasteiger partial charge in [-0.3, -0.25) is 4.79 Å². The van der Waals surface area contributed by atoms with Crippen LogP contribution in [0.25, 0.3) is 5.69 Å². The first kappa shape index (κ1) is 15.8. The maximum absolute atomic E-state index is 12.1. The smallest absolute Gasteiger partial charge is 0.224 e. The molecule has 0 atom stereocenters. The first-order chi connectivity index (χ1) is 11.8. The maximum Gasteiger partial charge on any atom is 0.224 e. The summed E-state index contributed by atoms with van der Waals surface area (Å²) in [6.45, 7) is 0.493. The van der Waals surface area contributed by atoms with E-state index in [4.69, 9.17) is 4.74 Å². The molecule has 1 aromatic heterocycles. The number of methoxy groups -OCH3 is 1. The number of benzene rings is 2. The van der Waals surface area contributed by atoms with E-state index in [1.807, 2.05) is 60.8 Å². The average Bonchev–Trinajstić information content (AvgIpc) is 3.15. The first-order valence-corrected chi connectivity index (χ1v) is 7.74. The third-order valence-electron chi connectivity index (χ3n) is 3.74. The lowest BCUT2D eigenvalue weighted by molar-refractivity contribution is -0.120. The molecule has 1 amide bonds. The Labute approximate surface area is 140 Å². The Hall–Kier alpha value is -3.08. The van der Waals surface area contributed by atoms with Crippen LogP contribution in [0.2, 0.25) is 0 Å². The van der Waals surface area contributed by atoms with Crippen molar-refractivity contribution in [1.82, 2.24) is 15.1 Å². The van der Waals surface area contributed by atoms with Crippen LogP contribution in [0.15, 0.2) is 67.0 Å². The van der Waals surface area contributed by atoms with Gasteiger partial charge in [0.05, 0.1) is 19.2 Å². The SMILES string of the molecule is COc1ccccc1CC(=O)NCc1ccc(-n2cccn2)cc1. The molecule has 0 radical (unpaired) electrons. The van der Waals surface area contributed by atoms with Gasteiger partial charge in [-0.1, -0.05) is 30.3 Å². The average molecular weight is 321 g/mol. The van der Waals surface area contributed by atoms with E-state index in [9.17, 15) is 4.79 Å². The number of nitrogens with one attached hydrogen (secondary N) is 1. The molecule has 5 nitrogen and oxygen atoms in total. The van der Waals surface area contributed by atoms with Gasteiger partial charge in [0.1, 0.15) is 5.75 Å². The predicted molar refractivity (Wildman–Crippen MR) is 92.1 cm³/mol. The molecule has 0 aliphatic rings. The number of carbonyl (C=O) groups excluding carboxylic acids is 1. The number of aromatic nitrogens is 2. The molecular formula is C19H19N3O2. The highest BCUT2D eigenvalue weighted by Crippen LogP contribution is 2.17. The third kappa shape index (κ3) is 3.81. The fraction of sp³-hybridized carbons (Fsp3) is 0.158. The summed E-state index contributed by atoms with van der Waals surface area (Å²) >= 11 is 0. The van der Waals surface area contributed by atoms with Crippen molar-refractivity contribution < 1.29 is 9.53 Å². The minimum absolute atomic E-state index is 0.0318. The minimum atomic E-state index is -0.0318. The van der Waals surface area contributed by atoms with Crippen LogP contribution in [0.1, 0.15) is 11.1 Å². The number of amides is 1. The summed E-state index contributed by atoms with van der Waals surface area (Å²) in [4.78, 5) is 12.1. The van der Waals surface area contributed by atoms with Crippen molar-refractivity contribution in [3.63, 3.8) is 0 Å². The van der Waals surface area contributed by atoms with Crippen molar-refractivity contribution in [2.45, 2.75) is 13.0 Å². The summed E-state index contributed by atoms with van der Waals surface area (Å²) in [7, 11) is 1.61. The quantitative estimate of drug-likeness (QED) is 0.759. The normalized spacial score (nSPS) is 10.4. The molecule has 1 heterocycles. The Bertz CT molecular complexity index is 796. The van der Waals surface area contributed by atoms with Crippen LogP contribution < -0.4 is 10.1 Å². The summed E-state index contributed by atoms with van der Waals surface area (Å²) in [5.41, 5.74) is 2.91. The standard InChI is InChI=1S/C19H19N3O2/c1-24-18-6-3-2-5-16(18)13-19(23)20-14-15-7-9-17(10-8-15)22-12-4-11-21-22/h2-12H,13-14H2,1H3,(H,20,23). The highest BCUT2D eigenvalue weighted by atomic mass is 16.5. The van der Waals surface area contributed by atoms with Crippen LogP contribution in [0.3, 0.4) is 0 Å². The molecule has 122 valence electrons. The van der Waals surface area contributed by atoms with Gasteiger partial charge in [0.15, 0.2) is 0 Å². The second-order valence-corrected chi connectivity index (χ2v) is 5.38. The van der Waals surface area contributed by atoms with Crippen molar-refractivity contribution in [2.75, 3.05) is 7.11 Å². The van der Waals surface area contributed by atoms with Crippen molar-refractivity contribution in [1.29, 1.82) is 0 Å². The minimum Gasteiger partial charge on any atom is -0.496 e. The van der Waals surface area contributed by atoms with Gasteiger partial charge < -0.3 is 10.1 Å². The van der Waals surface area contributed by atoms with Gasteiger partial charge in [-0.2, -0.15) is 5.10 Å². The summed E-state index contributed by atoms with van der Waals surface area (Å²) in [5, 5.41) is 7.12. The zero-order valence-corrected chi connectivity index (χ0v) is 13.5. The molecule has 3 aromatic rings. The van der Waals surface area contributed by atoms with Crippen molar-refractivity contribution >= 4 is 5.91 Å². The molecule has 0 spiro atoms. The van der Waals surface area contributed by atoms with Crippen LogP contribution in [0.4, 0.5) is 0 Å². The summed E-state index contributed by atoms with van der Waals surface area (Å²) in [6.07, 6.45) is 3.94. The van der Waals surface area contributed by atoms with Gasteiger partial charge in [0, 0.05) is 24.5 Å². The van der Waals surface area contributed by atoms with E-state index in [-0.39, 0.29) is 5.91 Å². The van der Waals surface area contributed by atoms with E-state index in [2.05, 4.69) is 10.4 Å². The Morgan fingerprint density at radius 1 is 1.12 bits per heavy atom. The molecule has 24 heavy (non-hydrogen) atoms. The second kappa shape index (κ2) is 7.46. The molecule has 0 bridgehead atoms. The van der Waals surface area contributed by atoms with E-state index < -0.39 is 0 Å². The first-order valence-electron chi connectivity index (χ1n) is 7.74. The molecule has 5 heteroatoms. The maximum atomic E-state index is 12.1. The molecular weight excluding hydrogens is 302 g/mol. The number of ether oxygens (including phenoxy) is 1. The lowest BCUT2D eigenvalue weighted by atomic mass is 10.1.